The molecule has 1 atom stereocenters. The topological polar surface area (TPSA) is 112 Å². The number of fused-ring (bicyclic) bond motifs is 1. The Morgan fingerprint density at radius 1 is 1.23 bits per heavy atom. The molecular formula is C21H25N5O4. The monoisotopic (exact) mass is 411 g/mol. The minimum absolute atomic E-state index is 0.151. The number of benzene rings is 1. The Labute approximate surface area is 173 Å². The van der Waals surface area contributed by atoms with Crippen LogP contribution in [-0.4, -0.2) is 66.1 Å². The van der Waals surface area contributed by atoms with E-state index in [0.29, 0.717) is 5.76 Å². The van der Waals surface area contributed by atoms with Gasteiger partial charge in [-0.1, -0.05) is 0 Å². The average molecular weight is 411 g/mol. The van der Waals surface area contributed by atoms with Crippen LogP contribution >= 0.6 is 0 Å². The number of H-pyrrole nitrogens is 1. The standard InChI is InChI=1S/C21H25N5O4/c1-13(20(27)22-2)23-21(28)18-6-5-17(30-18)14-3-4-15-16(11-14)25-19(24-15)12-26-7-9-29-10-8-26/h3-6,11,13H,7-10,12H2,1-2H3,(H,22,27)(H,23,28)(H,24,25). The minimum atomic E-state index is -0.651. The van der Waals surface area contributed by atoms with E-state index in [1.54, 1.807) is 19.1 Å². The lowest BCUT2D eigenvalue weighted by molar-refractivity contribution is -0.122. The maximum Gasteiger partial charge on any atom is 0.287 e. The van der Waals surface area contributed by atoms with Crippen LogP contribution in [0.3, 0.4) is 0 Å². The first-order chi connectivity index (χ1) is 14.5. The highest BCUT2D eigenvalue weighted by atomic mass is 16.5. The SMILES string of the molecule is CNC(=O)C(C)NC(=O)c1ccc(-c2ccc3nc(CN4CCOCC4)[nH]c3c2)o1. The number of morpholine rings is 1. The Bertz CT molecular complexity index is 1050. The summed E-state index contributed by atoms with van der Waals surface area (Å²) in [6.07, 6.45) is 0. The van der Waals surface area contributed by atoms with Crippen LogP contribution in [0.15, 0.2) is 34.7 Å². The highest BCUT2D eigenvalue weighted by Crippen LogP contribution is 2.26. The van der Waals surface area contributed by atoms with Gasteiger partial charge in [0.15, 0.2) is 5.76 Å². The van der Waals surface area contributed by atoms with E-state index in [1.165, 1.54) is 7.05 Å². The second kappa shape index (κ2) is 8.68. The van der Waals surface area contributed by atoms with Crippen molar-refractivity contribution in [2.45, 2.75) is 19.5 Å². The van der Waals surface area contributed by atoms with E-state index < -0.39 is 11.9 Å². The fourth-order valence-corrected chi connectivity index (χ4v) is 3.43. The molecule has 0 saturated carbocycles. The van der Waals surface area contributed by atoms with Gasteiger partial charge in [-0.2, -0.15) is 0 Å². The number of rotatable bonds is 6. The number of hydrogen-bond donors (Lipinski definition) is 3. The normalized spacial score (nSPS) is 15.8. The molecule has 3 aromatic rings. The summed E-state index contributed by atoms with van der Waals surface area (Å²) in [4.78, 5) is 34.2. The summed E-state index contributed by atoms with van der Waals surface area (Å²) in [5.41, 5.74) is 2.62. The smallest absolute Gasteiger partial charge is 0.287 e. The van der Waals surface area contributed by atoms with Gasteiger partial charge < -0.3 is 24.8 Å². The van der Waals surface area contributed by atoms with Crippen LogP contribution in [-0.2, 0) is 16.1 Å². The van der Waals surface area contributed by atoms with Crippen LogP contribution < -0.4 is 10.6 Å². The van der Waals surface area contributed by atoms with Gasteiger partial charge in [-0.15, -0.1) is 0 Å². The third-order valence-electron chi connectivity index (χ3n) is 5.11. The van der Waals surface area contributed by atoms with Gasteiger partial charge >= 0.3 is 0 Å². The molecule has 30 heavy (non-hydrogen) atoms. The highest BCUT2D eigenvalue weighted by Gasteiger charge is 2.19. The van der Waals surface area contributed by atoms with Crippen molar-refractivity contribution in [3.05, 3.63) is 41.9 Å². The van der Waals surface area contributed by atoms with Gasteiger partial charge in [-0.05, 0) is 37.3 Å². The zero-order chi connectivity index (χ0) is 21.1. The number of furan rings is 1. The molecule has 2 amide bonds. The van der Waals surface area contributed by atoms with Crippen molar-refractivity contribution in [2.24, 2.45) is 0 Å². The molecule has 158 valence electrons. The van der Waals surface area contributed by atoms with Crippen LogP contribution in [0.2, 0.25) is 0 Å². The molecule has 0 radical (unpaired) electrons. The molecule has 1 aliphatic heterocycles. The van der Waals surface area contributed by atoms with Gasteiger partial charge in [-0.3, -0.25) is 14.5 Å². The van der Waals surface area contributed by atoms with Gasteiger partial charge in [0.05, 0.1) is 30.8 Å². The van der Waals surface area contributed by atoms with Crippen molar-refractivity contribution in [3.63, 3.8) is 0 Å². The summed E-state index contributed by atoms with van der Waals surface area (Å²) < 4.78 is 11.1. The van der Waals surface area contributed by atoms with Crippen molar-refractivity contribution in [1.82, 2.24) is 25.5 Å². The van der Waals surface area contributed by atoms with Crippen LogP contribution in [0.5, 0.6) is 0 Å². The quantitative estimate of drug-likeness (QED) is 0.567. The van der Waals surface area contributed by atoms with E-state index in [0.717, 1.165) is 55.3 Å². The highest BCUT2D eigenvalue weighted by molar-refractivity contribution is 5.95. The molecule has 0 bridgehead atoms. The number of carbonyl (C=O) groups is 2. The van der Waals surface area contributed by atoms with Gasteiger partial charge in [-0.25, -0.2) is 4.98 Å². The Morgan fingerprint density at radius 2 is 2.03 bits per heavy atom. The van der Waals surface area contributed by atoms with Gasteiger partial charge in [0.25, 0.3) is 5.91 Å². The second-order valence-electron chi connectivity index (χ2n) is 7.28. The predicted octanol–water partition coefficient (Wildman–Crippen LogP) is 1.52. The summed E-state index contributed by atoms with van der Waals surface area (Å²) in [6.45, 7) is 5.67. The van der Waals surface area contributed by atoms with Crippen molar-refractivity contribution >= 4 is 22.8 Å². The van der Waals surface area contributed by atoms with Crippen molar-refractivity contribution in [1.29, 1.82) is 0 Å². The lowest BCUT2D eigenvalue weighted by Crippen LogP contribution is -2.43. The van der Waals surface area contributed by atoms with Crippen LogP contribution in [0, 0.1) is 0 Å². The molecule has 2 aromatic heterocycles. The first-order valence-electron chi connectivity index (χ1n) is 9.95. The number of ether oxygens (including phenoxy) is 1. The Balaban J connectivity index is 1.48. The summed E-state index contributed by atoms with van der Waals surface area (Å²) in [5.74, 6) is 0.921. The molecule has 1 fully saturated rings. The molecule has 4 rings (SSSR count). The number of nitrogens with one attached hydrogen (secondary N) is 3. The number of aromatic amines is 1. The van der Waals surface area contributed by atoms with Crippen molar-refractivity contribution < 1.29 is 18.7 Å². The van der Waals surface area contributed by atoms with Gasteiger partial charge in [0.2, 0.25) is 5.91 Å². The molecule has 3 heterocycles. The number of likely N-dealkylation sites (N-methyl/N-ethyl adjacent to an activating group) is 1. The van der Waals surface area contributed by atoms with E-state index in [-0.39, 0.29) is 11.7 Å². The van der Waals surface area contributed by atoms with E-state index in [9.17, 15) is 9.59 Å². The number of carbonyl (C=O) groups excluding carboxylic acids is 2. The van der Waals surface area contributed by atoms with Gasteiger partial charge in [0, 0.05) is 25.7 Å². The number of imidazole rings is 1. The first-order valence-corrected chi connectivity index (χ1v) is 9.95. The predicted molar refractivity (Wildman–Crippen MR) is 111 cm³/mol. The third kappa shape index (κ3) is 4.37. The molecule has 3 N–H and O–H groups in total. The Morgan fingerprint density at radius 3 is 2.80 bits per heavy atom. The van der Waals surface area contributed by atoms with Crippen molar-refractivity contribution in [3.8, 4) is 11.3 Å². The van der Waals surface area contributed by atoms with Gasteiger partial charge in [0.1, 0.15) is 17.6 Å². The Hall–Kier alpha value is -3.17. The number of nitrogens with zero attached hydrogens (tertiary/aromatic N) is 2. The zero-order valence-corrected chi connectivity index (χ0v) is 17.0. The summed E-state index contributed by atoms with van der Waals surface area (Å²) in [5, 5.41) is 5.10. The lowest BCUT2D eigenvalue weighted by Gasteiger charge is -2.25. The third-order valence-corrected chi connectivity index (χ3v) is 5.11. The maximum absolute atomic E-state index is 12.3. The van der Waals surface area contributed by atoms with Crippen LogP contribution in [0.4, 0.5) is 0 Å². The molecular weight excluding hydrogens is 386 g/mol. The first kappa shape index (κ1) is 20.1. The van der Waals surface area contributed by atoms with E-state index >= 15 is 0 Å². The minimum Gasteiger partial charge on any atom is -0.451 e. The molecule has 1 aliphatic rings. The molecule has 1 unspecified atom stereocenters. The molecule has 9 nitrogen and oxygen atoms in total. The molecule has 9 heteroatoms. The average Bonchev–Trinajstić information content (AvgIpc) is 3.40. The molecule has 0 aliphatic carbocycles. The summed E-state index contributed by atoms with van der Waals surface area (Å²) in [7, 11) is 1.52. The fraction of sp³-hybridized carbons (Fsp3) is 0.381. The van der Waals surface area contributed by atoms with Crippen molar-refractivity contribution in [2.75, 3.05) is 33.4 Å². The van der Waals surface area contributed by atoms with Crippen LogP contribution in [0.25, 0.3) is 22.4 Å². The van der Waals surface area contributed by atoms with E-state index in [4.69, 9.17) is 9.15 Å². The maximum atomic E-state index is 12.3. The largest absolute Gasteiger partial charge is 0.451 e. The summed E-state index contributed by atoms with van der Waals surface area (Å²) in [6, 6.07) is 8.49. The number of hydrogen-bond acceptors (Lipinski definition) is 6. The molecule has 1 aromatic carbocycles. The lowest BCUT2D eigenvalue weighted by atomic mass is 10.1. The Kier molecular flexibility index (Phi) is 5.82. The summed E-state index contributed by atoms with van der Waals surface area (Å²) >= 11 is 0. The second-order valence-corrected chi connectivity index (χ2v) is 7.28. The van der Waals surface area contributed by atoms with E-state index in [1.807, 2.05) is 18.2 Å². The van der Waals surface area contributed by atoms with Crippen LogP contribution in [0.1, 0.15) is 23.3 Å². The molecule has 0 spiro atoms. The fourth-order valence-electron chi connectivity index (χ4n) is 3.43. The van der Waals surface area contributed by atoms with E-state index in [2.05, 4.69) is 25.5 Å². The number of aromatic nitrogens is 2. The number of amides is 2. The molecule has 1 saturated heterocycles. The zero-order valence-electron chi connectivity index (χ0n) is 17.0.